The smallest absolute Gasteiger partial charge is 0.307 e. The van der Waals surface area contributed by atoms with Crippen LogP contribution in [0.5, 0.6) is 0 Å². The largest absolute Gasteiger partial charge is 0.481 e. The van der Waals surface area contributed by atoms with Crippen molar-refractivity contribution in [1.29, 1.82) is 0 Å². The summed E-state index contributed by atoms with van der Waals surface area (Å²) in [5, 5.41) is 21.6. The maximum Gasteiger partial charge on any atom is 0.307 e. The van der Waals surface area contributed by atoms with Gasteiger partial charge in [0, 0.05) is 6.04 Å². The van der Waals surface area contributed by atoms with E-state index in [1.54, 1.807) is 0 Å². The zero-order valence-corrected chi connectivity index (χ0v) is 11.2. The molecule has 0 aromatic heterocycles. The molecule has 2 atom stereocenters. The van der Waals surface area contributed by atoms with Crippen molar-refractivity contribution in [2.24, 2.45) is 11.8 Å². The predicted molar refractivity (Wildman–Crippen MR) is 69.5 cm³/mol. The van der Waals surface area contributed by atoms with Crippen LogP contribution in [-0.4, -0.2) is 34.2 Å². The van der Waals surface area contributed by atoms with E-state index < -0.39 is 11.9 Å². The summed E-state index contributed by atoms with van der Waals surface area (Å²) in [6.07, 6.45) is 5.90. The molecule has 1 amide bonds. The topological polar surface area (TPSA) is 86.6 Å². The van der Waals surface area contributed by atoms with Crippen LogP contribution in [0.25, 0.3) is 0 Å². The lowest BCUT2D eigenvalue weighted by molar-refractivity contribution is -0.149. The number of carboxylic acids is 1. The van der Waals surface area contributed by atoms with E-state index in [0.717, 1.165) is 38.5 Å². The van der Waals surface area contributed by atoms with Crippen LogP contribution in [0, 0.1) is 11.8 Å². The molecule has 108 valence electrons. The van der Waals surface area contributed by atoms with Gasteiger partial charge in [-0.15, -0.1) is 0 Å². The Labute approximate surface area is 113 Å². The summed E-state index contributed by atoms with van der Waals surface area (Å²) >= 11 is 0. The Bertz CT molecular complexity index is 336. The lowest BCUT2D eigenvalue weighted by Crippen LogP contribution is -2.45. The molecule has 0 aromatic carbocycles. The quantitative estimate of drug-likeness (QED) is 0.720. The molecule has 0 heterocycles. The van der Waals surface area contributed by atoms with Crippen LogP contribution in [0.15, 0.2) is 0 Å². The molecule has 2 aliphatic rings. The first-order chi connectivity index (χ1) is 9.08. The summed E-state index contributed by atoms with van der Waals surface area (Å²) in [5.74, 6) is -1.85. The van der Waals surface area contributed by atoms with Crippen LogP contribution in [-0.2, 0) is 9.59 Å². The highest BCUT2D eigenvalue weighted by Crippen LogP contribution is 2.31. The highest BCUT2D eigenvalue weighted by molar-refractivity contribution is 5.85. The van der Waals surface area contributed by atoms with Gasteiger partial charge in [0.1, 0.15) is 0 Å². The SMILES string of the molecule is O=C(O)C1CCCCC1C(=O)NC1CCC(O)CC1. The molecule has 3 N–H and O–H groups in total. The Balaban J connectivity index is 1.89. The van der Waals surface area contributed by atoms with Gasteiger partial charge in [0.25, 0.3) is 0 Å². The van der Waals surface area contributed by atoms with Crippen molar-refractivity contribution < 1.29 is 19.8 Å². The third kappa shape index (κ3) is 3.69. The zero-order chi connectivity index (χ0) is 13.8. The minimum atomic E-state index is -0.848. The van der Waals surface area contributed by atoms with Crippen molar-refractivity contribution in [1.82, 2.24) is 5.32 Å². The fraction of sp³-hybridized carbons (Fsp3) is 0.857. The lowest BCUT2D eigenvalue weighted by atomic mass is 9.78. The van der Waals surface area contributed by atoms with Gasteiger partial charge in [0.2, 0.25) is 5.91 Å². The fourth-order valence-corrected chi connectivity index (χ4v) is 3.27. The van der Waals surface area contributed by atoms with Gasteiger partial charge < -0.3 is 15.5 Å². The van der Waals surface area contributed by atoms with Crippen molar-refractivity contribution in [3.05, 3.63) is 0 Å². The van der Waals surface area contributed by atoms with Gasteiger partial charge in [-0.25, -0.2) is 0 Å². The number of aliphatic hydroxyl groups excluding tert-OH is 1. The molecule has 0 radical (unpaired) electrons. The van der Waals surface area contributed by atoms with Crippen LogP contribution in [0.2, 0.25) is 0 Å². The molecule has 2 saturated carbocycles. The van der Waals surface area contributed by atoms with E-state index in [-0.39, 0.29) is 24.0 Å². The number of carbonyl (C=O) groups excluding carboxylic acids is 1. The van der Waals surface area contributed by atoms with Gasteiger partial charge in [-0.2, -0.15) is 0 Å². The van der Waals surface area contributed by atoms with Gasteiger partial charge in [-0.05, 0) is 38.5 Å². The summed E-state index contributed by atoms with van der Waals surface area (Å²) < 4.78 is 0. The molecule has 0 spiro atoms. The number of carbonyl (C=O) groups is 2. The maximum absolute atomic E-state index is 12.2. The number of rotatable bonds is 3. The van der Waals surface area contributed by atoms with E-state index in [1.165, 1.54) is 0 Å². The maximum atomic E-state index is 12.2. The second-order valence-corrected chi connectivity index (χ2v) is 5.85. The molecular weight excluding hydrogens is 246 g/mol. The molecule has 2 rings (SSSR count). The second kappa shape index (κ2) is 6.37. The first kappa shape index (κ1) is 14.3. The predicted octanol–water partition coefficient (Wildman–Crippen LogP) is 1.30. The van der Waals surface area contributed by atoms with E-state index in [4.69, 9.17) is 0 Å². The van der Waals surface area contributed by atoms with Crippen molar-refractivity contribution in [3.63, 3.8) is 0 Å². The van der Waals surface area contributed by atoms with Crippen molar-refractivity contribution >= 4 is 11.9 Å². The molecule has 5 heteroatoms. The third-order valence-electron chi connectivity index (χ3n) is 4.46. The number of hydrogen-bond donors (Lipinski definition) is 3. The van der Waals surface area contributed by atoms with Gasteiger partial charge in [-0.3, -0.25) is 9.59 Å². The number of amides is 1. The molecule has 0 aromatic rings. The Hall–Kier alpha value is -1.10. The Morgan fingerprint density at radius 1 is 0.895 bits per heavy atom. The fourth-order valence-electron chi connectivity index (χ4n) is 3.27. The molecule has 0 bridgehead atoms. The monoisotopic (exact) mass is 269 g/mol. The Morgan fingerprint density at radius 3 is 2.05 bits per heavy atom. The number of aliphatic hydroxyl groups is 1. The molecular formula is C14H23NO4. The lowest BCUT2D eigenvalue weighted by Gasteiger charge is -2.31. The minimum absolute atomic E-state index is 0.103. The summed E-state index contributed by atoms with van der Waals surface area (Å²) in [5.41, 5.74) is 0. The minimum Gasteiger partial charge on any atom is -0.481 e. The number of nitrogens with one attached hydrogen (secondary N) is 1. The third-order valence-corrected chi connectivity index (χ3v) is 4.46. The van der Waals surface area contributed by atoms with E-state index in [2.05, 4.69) is 5.32 Å². The highest BCUT2D eigenvalue weighted by atomic mass is 16.4. The van der Waals surface area contributed by atoms with E-state index in [0.29, 0.717) is 12.8 Å². The van der Waals surface area contributed by atoms with Crippen LogP contribution < -0.4 is 5.32 Å². The number of carboxylic acid groups (broad SMARTS) is 1. The van der Waals surface area contributed by atoms with E-state index >= 15 is 0 Å². The van der Waals surface area contributed by atoms with Crippen molar-refractivity contribution in [2.45, 2.75) is 63.5 Å². The van der Waals surface area contributed by atoms with Gasteiger partial charge >= 0.3 is 5.97 Å². The van der Waals surface area contributed by atoms with Crippen LogP contribution in [0.4, 0.5) is 0 Å². The molecule has 2 unspecified atom stereocenters. The molecule has 5 nitrogen and oxygen atoms in total. The molecule has 2 fully saturated rings. The normalized spacial score (nSPS) is 35.6. The zero-order valence-electron chi connectivity index (χ0n) is 11.2. The van der Waals surface area contributed by atoms with Gasteiger partial charge in [0.05, 0.1) is 17.9 Å². The van der Waals surface area contributed by atoms with Crippen LogP contribution in [0.3, 0.4) is 0 Å². The summed E-state index contributed by atoms with van der Waals surface area (Å²) in [6, 6.07) is 0.104. The number of hydrogen-bond acceptors (Lipinski definition) is 3. The van der Waals surface area contributed by atoms with Crippen LogP contribution >= 0.6 is 0 Å². The Morgan fingerprint density at radius 2 is 1.47 bits per heavy atom. The second-order valence-electron chi connectivity index (χ2n) is 5.85. The average molecular weight is 269 g/mol. The van der Waals surface area contributed by atoms with E-state index in [1.807, 2.05) is 0 Å². The first-order valence-corrected chi connectivity index (χ1v) is 7.29. The first-order valence-electron chi connectivity index (χ1n) is 7.29. The molecule has 19 heavy (non-hydrogen) atoms. The van der Waals surface area contributed by atoms with Gasteiger partial charge in [0.15, 0.2) is 0 Å². The highest BCUT2D eigenvalue weighted by Gasteiger charge is 2.36. The summed E-state index contributed by atoms with van der Waals surface area (Å²) in [6.45, 7) is 0. The van der Waals surface area contributed by atoms with Gasteiger partial charge in [-0.1, -0.05) is 12.8 Å². The van der Waals surface area contributed by atoms with Crippen molar-refractivity contribution in [2.75, 3.05) is 0 Å². The average Bonchev–Trinajstić information content (AvgIpc) is 2.41. The van der Waals surface area contributed by atoms with Crippen LogP contribution in [0.1, 0.15) is 51.4 Å². The Kier molecular flexibility index (Phi) is 4.80. The number of aliphatic carboxylic acids is 1. The standard InChI is InChI=1S/C14H23NO4/c16-10-7-5-9(6-8-10)15-13(17)11-3-1-2-4-12(11)14(18)19/h9-12,16H,1-8H2,(H,15,17)(H,18,19). The summed E-state index contributed by atoms with van der Waals surface area (Å²) in [4.78, 5) is 23.4. The molecule has 2 aliphatic carbocycles. The molecule has 0 aliphatic heterocycles. The van der Waals surface area contributed by atoms with Crippen molar-refractivity contribution in [3.8, 4) is 0 Å². The molecule has 0 saturated heterocycles. The van der Waals surface area contributed by atoms with E-state index in [9.17, 15) is 19.8 Å². The summed E-state index contributed by atoms with van der Waals surface area (Å²) in [7, 11) is 0.